The highest BCUT2D eigenvalue weighted by Crippen LogP contribution is 1.92. The minimum Gasteiger partial charge on any atom is -0.473 e. The van der Waals surface area contributed by atoms with Crippen LogP contribution in [0.4, 0.5) is 0 Å². The fourth-order valence-electron chi connectivity index (χ4n) is 0.530. The predicted molar refractivity (Wildman–Crippen MR) is 100 cm³/mol. The van der Waals surface area contributed by atoms with Crippen LogP contribution in [0.3, 0.4) is 0 Å². The van der Waals surface area contributed by atoms with Gasteiger partial charge in [0, 0.05) is 12.2 Å². The molecule has 24 heavy (non-hydrogen) atoms. The summed E-state index contributed by atoms with van der Waals surface area (Å²) in [6.45, 7) is 16.6. The number of allylic oxidation sites excluding steroid dienone is 3. The van der Waals surface area contributed by atoms with Crippen molar-refractivity contribution in [3.8, 4) is 0 Å². The average molecular weight is 334 g/mol. The maximum Gasteiger partial charge on any atom is 0.338 e. The van der Waals surface area contributed by atoms with Gasteiger partial charge < -0.3 is 9.15 Å². The molecule has 4 heteroatoms. The van der Waals surface area contributed by atoms with Crippen molar-refractivity contribution in [2.75, 3.05) is 0 Å². The third-order valence-electron chi connectivity index (χ3n) is 1.94. The van der Waals surface area contributed by atoms with E-state index in [1.165, 1.54) is 12.8 Å². The topological polar surface area (TPSA) is 56.5 Å². The molecule has 0 radical (unpaired) electrons. The normalized spacial score (nSPS) is 9.96. The average Bonchev–Trinajstić information content (AvgIpc) is 3.30. The number of cyclic esters (lactones) is 2. The number of hydrogen-bond acceptors (Lipinski definition) is 4. The molecule has 1 aromatic heterocycles. The van der Waals surface area contributed by atoms with Crippen LogP contribution >= 0.6 is 0 Å². The molecule has 0 spiro atoms. The molecular weight excluding hydrogens is 304 g/mol. The number of carbonyl (C=O) groups is 2. The van der Waals surface area contributed by atoms with E-state index in [1.807, 2.05) is 18.2 Å². The van der Waals surface area contributed by atoms with Crippen molar-refractivity contribution < 1.29 is 18.7 Å². The minimum absolute atomic E-state index is 0.579. The molecule has 4 nitrogen and oxygen atoms in total. The van der Waals surface area contributed by atoms with Crippen molar-refractivity contribution in [1.82, 2.24) is 0 Å². The van der Waals surface area contributed by atoms with Crippen LogP contribution in [-0.4, -0.2) is 11.9 Å². The molecule has 2 rings (SSSR count). The van der Waals surface area contributed by atoms with E-state index in [2.05, 4.69) is 49.7 Å². The standard InChI is InChI=1S/C4H2O3.C4H4O.C4H10.C4H8.C4H6/c5-3-1-2-4(6)7-3;1-2-4-5-3-1;3*1-3-4-2/h1-2H;1-4H;3-4H2,1-2H3;3H,1,4H2,2H3;3-4H,1-2H2. The number of carbonyl (C=O) groups excluding carboxylic acids is 2. The number of ether oxygens (including phenoxy) is 1. The number of furan rings is 1. The van der Waals surface area contributed by atoms with Gasteiger partial charge in [-0.05, 0) is 18.6 Å². The Bertz CT molecular complexity index is 401. The molecule has 1 aliphatic rings. The van der Waals surface area contributed by atoms with Crippen molar-refractivity contribution in [1.29, 1.82) is 0 Å². The highest BCUT2D eigenvalue weighted by Gasteiger charge is 2.10. The number of rotatable bonds is 3. The second-order valence-electron chi connectivity index (χ2n) is 4.03. The second kappa shape index (κ2) is 25.3. The summed E-state index contributed by atoms with van der Waals surface area (Å²) in [6.07, 6.45) is 14.3. The molecule has 2 heterocycles. The molecular formula is C20H30O4. The largest absolute Gasteiger partial charge is 0.473 e. The number of esters is 2. The summed E-state index contributed by atoms with van der Waals surface area (Å²) in [5.41, 5.74) is 0. The van der Waals surface area contributed by atoms with E-state index >= 15 is 0 Å². The first-order valence-corrected chi connectivity index (χ1v) is 7.79. The summed E-state index contributed by atoms with van der Waals surface area (Å²) in [7, 11) is 0. The molecule has 0 aromatic carbocycles. The molecule has 0 aliphatic carbocycles. The van der Waals surface area contributed by atoms with Gasteiger partial charge in [-0.15, -0.1) is 6.58 Å². The first-order chi connectivity index (χ1) is 11.5. The summed E-state index contributed by atoms with van der Waals surface area (Å²) in [5.74, 6) is -1.16. The van der Waals surface area contributed by atoms with Gasteiger partial charge in [-0.25, -0.2) is 9.59 Å². The van der Waals surface area contributed by atoms with E-state index in [0.29, 0.717) is 0 Å². The van der Waals surface area contributed by atoms with Crippen LogP contribution in [0.25, 0.3) is 0 Å². The van der Waals surface area contributed by atoms with Gasteiger partial charge in [0.25, 0.3) is 0 Å². The smallest absolute Gasteiger partial charge is 0.338 e. The van der Waals surface area contributed by atoms with Crippen molar-refractivity contribution in [2.45, 2.75) is 40.0 Å². The van der Waals surface area contributed by atoms with Crippen molar-refractivity contribution in [3.63, 3.8) is 0 Å². The highest BCUT2D eigenvalue weighted by molar-refractivity contribution is 6.04. The number of unbranched alkanes of at least 4 members (excludes halogenated alkanes) is 1. The summed E-state index contributed by atoms with van der Waals surface area (Å²) in [6, 6.07) is 3.67. The zero-order valence-corrected chi connectivity index (χ0v) is 15.1. The molecule has 0 saturated heterocycles. The third kappa shape index (κ3) is 31.7. The zero-order valence-electron chi connectivity index (χ0n) is 15.1. The summed E-state index contributed by atoms with van der Waals surface area (Å²) in [5, 5.41) is 0. The van der Waals surface area contributed by atoms with E-state index in [4.69, 9.17) is 0 Å². The van der Waals surface area contributed by atoms with Gasteiger partial charge in [0.2, 0.25) is 0 Å². The molecule has 134 valence electrons. The fourth-order valence-corrected chi connectivity index (χ4v) is 0.530. The number of hydrogen-bond donors (Lipinski definition) is 0. The molecule has 1 aliphatic heterocycles. The van der Waals surface area contributed by atoms with Gasteiger partial charge in [0.05, 0.1) is 12.5 Å². The van der Waals surface area contributed by atoms with Crippen molar-refractivity contribution in [2.24, 2.45) is 0 Å². The van der Waals surface area contributed by atoms with Crippen LogP contribution in [0, 0.1) is 0 Å². The molecule has 0 atom stereocenters. The molecule has 0 saturated carbocycles. The lowest BCUT2D eigenvalue weighted by Crippen LogP contribution is -1.96. The van der Waals surface area contributed by atoms with Crippen LogP contribution in [0.5, 0.6) is 0 Å². The Labute approximate surface area is 146 Å². The van der Waals surface area contributed by atoms with Gasteiger partial charge in [0.1, 0.15) is 0 Å². The Morgan fingerprint density at radius 3 is 1.33 bits per heavy atom. The van der Waals surface area contributed by atoms with E-state index in [1.54, 1.807) is 24.7 Å². The van der Waals surface area contributed by atoms with Gasteiger partial charge in [-0.2, -0.15) is 0 Å². The minimum atomic E-state index is -0.579. The lowest BCUT2D eigenvalue weighted by atomic mass is 10.4. The quantitative estimate of drug-likeness (QED) is 0.310. The summed E-state index contributed by atoms with van der Waals surface area (Å²) < 4.78 is 8.56. The Morgan fingerprint density at radius 1 is 0.875 bits per heavy atom. The van der Waals surface area contributed by atoms with Crippen LogP contribution in [-0.2, 0) is 14.3 Å². The van der Waals surface area contributed by atoms with Crippen molar-refractivity contribution >= 4 is 11.9 Å². The Balaban J connectivity index is -0.000000236. The van der Waals surface area contributed by atoms with E-state index in [9.17, 15) is 9.59 Å². The third-order valence-corrected chi connectivity index (χ3v) is 1.94. The molecule has 0 amide bonds. The zero-order chi connectivity index (χ0) is 19.1. The molecule has 0 bridgehead atoms. The summed E-state index contributed by atoms with van der Waals surface area (Å²) in [4.78, 5) is 19.8. The maximum absolute atomic E-state index is 9.92. The highest BCUT2D eigenvalue weighted by atomic mass is 16.6. The van der Waals surface area contributed by atoms with E-state index in [-0.39, 0.29) is 0 Å². The first kappa shape index (κ1) is 26.3. The predicted octanol–water partition coefficient (Wildman–Crippen LogP) is 5.65. The first-order valence-electron chi connectivity index (χ1n) is 7.79. The van der Waals surface area contributed by atoms with Gasteiger partial charge in [-0.1, -0.05) is 65.0 Å². The van der Waals surface area contributed by atoms with Gasteiger partial charge >= 0.3 is 11.9 Å². The second-order valence-corrected chi connectivity index (χ2v) is 4.03. The monoisotopic (exact) mass is 334 g/mol. The maximum atomic E-state index is 9.92. The Hall–Kier alpha value is -2.62. The Morgan fingerprint density at radius 2 is 1.25 bits per heavy atom. The fraction of sp³-hybridized carbons (Fsp3) is 0.300. The summed E-state index contributed by atoms with van der Waals surface area (Å²) >= 11 is 0. The van der Waals surface area contributed by atoms with Crippen LogP contribution < -0.4 is 0 Å². The molecule has 0 N–H and O–H groups in total. The molecule has 0 unspecified atom stereocenters. The van der Waals surface area contributed by atoms with Crippen molar-refractivity contribution in [3.05, 3.63) is 74.8 Å². The lowest BCUT2D eigenvalue weighted by molar-refractivity contribution is -0.150. The Kier molecular flexibility index (Phi) is 27.8. The van der Waals surface area contributed by atoms with Crippen LogP contribution in [0.1, 0.15) is 40.0 Å². The van der Waals surface area contributed by atoms with Crippen LogP contribution in [0.15, 0.2) is 79.2 Å². The molecule has 0 fully saturated rings. The molecule has 1 aromatic rings. The SMILES string of the molecule is C=CC=C.C=CCC.CCCC.O=C1C=CC(=O)O1.c1ccoc1. The van der Waals surface area contributed by atoms with Gasteiger partial charge in [0.15, 0.2) is 0 Å². The van der Waals surface area contributed by atoms with E-state index < -0.39 is 11.9 Å². The lowest BCUT2D eigenvalue weighted by Gasteiger charge is -1.80. The van der Waals surface area contributed by atoms with Gasteiger partial charge in [-0.3, -0.25) is 0 Å². The van der Waals surface area contributed by atoms with E-state index in [0.717, 1.165) is 18.6 Å². The van der Waals surface area contributed by atoms with Crippen LogP contribution in [0.2, 0.25) is 0 Å².